The highest BCUT2D eigenvalue weighted by atomic mass is 16.5. The maximum Gasteiger partial charge on any atom is 0.0700 e. The van der Waals surface area contributed by atoms with Crippen LogP contribution in [0.5, 0.6) is 0 Å². The van der Waals surface area contributed by atoms with Crippen molar-refractivity contribution in [3.8, 4) is 0 Å². The fraction of sp³-hybridized carbons (Fsp3) is 0.909. The molecule has 0 saturated heterocycles. The molecule has 0 heterocycles. The predicted octanol–water partition coefficient (Wildman–Crippen LogP) is 3.79. The Balaban J connectivity index is 2.97. The van der Waals surface area contributed by atoms with Crippen molar-refractivity contribution in [3.05, 3.63) is 7.11 Å². The van der Waals surface area contributed by atoms with Crippen LogP contribution < -0.4 is 0 Å². The van der Waals surface area contributed by atoms with Gasteiger partial charge in [0.2, 0.25) is 0 Å². The smallest absolute Gasteiger partial charge is 0.0700 e. The minimum Gasteiger partial charge on any atom is -0.379 e. The van der Waals surface area contributed by atoms with Gasteiger partial charge in [0.15, 0.2) is 0 Å². The molecule has 12 heavy (non-hydrogen) atoms. The predicted molar refractivity (Wildman–Crippen MR) is 53.8 cm³/mol. The molecule has 1 heteroatoms. The van der Waals surface area contributed by atoms with E-state index in [1.807, 2.05) is 0 Å². The van der Waals surface area contributed by atoms with Crippen molar-refractivity contribution in [2.45, 2.75) is 52.4 Å². The Morgan fingerprint density at radius 1 is 1.17 bits per heavy atom. The lowest BCUT2D eigenvalue weighted by atomic mass is 10.0. The highest BCUT2D eigenvalue weighted by Gasteiger charge is 1.99. The Morgan fingerprint density at radius 2 is 1.83 bits per heavy atom. The average molecular weight is 171 g/mol. The summed E-state index contributed by atoms with van der Waals surface area (Å²) in [5, 5.41) is 0. The lowest BCUT2D eigenvalue weighted by molar-refractivity contribution is 0.189. The zero-order valence-corrected chi connectivity index (χ0v) is 8.64. The standard InChI is InChI=1S/C11H23O/c1-4-5-6-7-8-9-11(2)10-12-3/h11H,3-10H2,1-2H3. The van der Waals surface area contributed by atoms with Crippen LogP contribution in [-0.4, -0.2) is 6.61 Å². The lowest BCUT2D eigenvalue weighted by Gasteiger charge is -2.08. The third kappa shape index (κ3) is 8.06. The van der Waals surface area contributed by atoms with Crippen LogP contribution in [0.4, 0.5) is 0 Å². The first kappa shape index (κ1) is 12.0. The zero-order valence-electron chi connectivity index (χ0n) is 8.64. The number of unbranched alkanes of at least 4 members (excludes halogenated alkanes) is 4. The molecular weight excluding hydrogens is 148 g/mol. The Hall–Kier alpha value is -0.0400. The van der Waals surface area contributed by atoms with E-state index in [0.717, 1.165) is 6.61 Å². The van der Waals surface area contributed by atoms with Crippen LogP contribution in [0.2, 0.25) is 0 Å². The number of hydrogen-bond acceptors (Lipinski definition) is 1. The molecule has 0 aromatic rings. The van der Waals surface area contributed by atoms with Gasteiger partial charge in [-0.15, -0.1) is 0 Å². The Morgan fingerprint density at radius 3 is 2.42 bits per heavy atom. The van der Waals surface area contributed by atoms with Crippen LogP contribution in [0.1, 0.15) is 52.4 Å². The fourth-order valence-corrected chi connectivity index (χ4v) is 1.38. The van der Waals surface area contributed by atoms with Crippen LogP contribution in [0.3, 0.4) is 0 Å². The van der Waals surface area contributed by atoms with Crippen LogP contribution in [-0.2, 0) is 4.74 Å². The summed E-state index contributed by atoms with van der Waals surface area (Å²) in [7, 11) is 3.38. The van der Waals surface area contributed by atoms with Gasteiger partial charge in [-0.1, -0.05) is 46.0 Å². The van der Waals surface area contributed by atoms with E-state index >= 15 is 0 Å². The zero-order chi connectivity index (χ0) is 9.23. The molecule has 0 fully saturated rings. The first-order valence-electron chi connectivity index (χ1n) is 5.18. The summed E-state index contributed by atoms with van der Waals surface area (Å²) in [6.45, 7) is 5.29. The molecule has 1 unspecified atom stereocenters. The van der Waals surface area contributed by atoms with Gasteiger partial charge >= 0.3 is 0 Å². The van der Waals surface area contributed by atoms with Crippen molar-refractivity contribution in [1.82, 2.24) is 0 Å². The van der Waals surface area contributed by atoms with Gasteiger partial charge in [0, 0.05) is 6.61 Å². The molecule has 0 bridgehead atoms. The topological polar surface area (TPSA) is 9.23 Å². The van der Waals surface area contributed by atoms with Crippen LogP contribution in [0.25, 0.3) is 0 Å². The molecule has 0 aliphatic rings. The highest BCUT2D eigenvalue weighted by Crippen LogP contribution is 2.11. The van der Waals surface area contributed by atoms with Gasteiger partial charge in [-0.25, -0.2) is 0 Å². The number of ether oxygens (including phenoxy) is 1. The van der Waals surface area contributed by atoms with Crippen molar-refractivity contribution in [2.24, 2.45) is 5.92 Å². The molecule has 1 atom stereocenters. The Labute approximate surface area is 77.5 Å². The van der Waals surface area contributed by atoms with E-state index in [-0.39, 0.29) is 0 Å². The fourth-order valence-electron chi connectivity index (χ4n) is 1.38. The second kappa shape index (κ2) is 9.05. The van der Waals surface area contributed by atoms with Gasteiger partial charge in [-0.2, -0.15) is 0 Å². The summed E-state index contributed by atoms with van der Waals surface area (Å²) in [5.41, 5.74) is 0. The van der Waals surface area contributed by atoms with Crippen molar-refractivity contribution in [3.63, 3.8) is 0 Å². The third-order valence-electron chi connectivity index (χ3n) is 2.20. The van der Waals surface area contributed by atoms with E-state index in [4.69, 9.17) is 4.74 Å². The summed E-state index contributed by atoms with van der Waals surface area (Å²) in [4.78, 5) is 0. The van der Waals surface area contributed by atoms with Crippen molar-refractivity contribution in [2.75, 3.05) is 6.61 Å². The summed E-state index contributed by atoms with van der Waals surface area (Å²) < 4.78 is 4.83. The molecule has 0 rings (SSSR count). The maximum atomic E-state index is 4.83. The van der Waals surface area contributed by atoms with Crippen LogP contribution in [0.15, 0.2) is 0 Å². The lowest BCUT2D eigenvalue weighted by Crippen LogP contribution is -2.02. The van der Waals surface area contributed by atoms with E-state index in [1.165, 1.54) is 38.5 Å². The van der Waals surface area contributed by atoms with Crippen molar-refractivity contribution in [1.29, 1.82) is 0 Å². The molecule has 1 radical (unpaired) electrons. The average Bonchev–Trinajstić information content (AvgIpc) is 2.05. The van der Waals surface area contributed by atoms with E-state index in [1.54, 1.807) is 0 Å². The van der Waals surface area contributed by atoms with Gasteiger partial charge in [0.1, 0.15) is 0 Å². The van der Waals surface area contributed by atoms with Crippen molar-refractivity contribution >= 4 is 0 Å². The number of hydrogen-bond donors (Lipinski definition) is 0. The molecule has 0 aromatic heterocycles. The molecule has 0 aromatic carbocycles. The normalized spacial score (nSPS) is 13.2. The van der Waals surface area contributed by atoms with E-state index < -0.39 is 0 Å². The first-order chi connectivity index (χ1) is 5.81. The summed E-state index contributed by atoms with van der Waals surface area (Å²) >= 11 is 0. The van der Waals surface area contributed by atoms with Gasteiger partial charge in [0.25, 0.3) is 0 Å². The Kier molecular flexibility index (Phi) is 9.02. The molecule has 1 nitrogen and oxygen atoms in total. The second-order valence-electron chi connectivity index (χ2n) is 3.68. The summed E-state index contributed by atoms with van der Waals surface area (Å²) in [6, 6.07) is 0. The molecule has 0 aliphatic carbocycles. The molecule has 0 aliphatic heterocycles. The van der Waals surface area contributed by atoms with Crippen LogP contribution in [0, 0.1) is 13.0 Å². The quantitative estimate of drug-likeness (QED) is 0.505. The SMILES string of the molecule is [CH2]OCC(C)CCCCCCC. The minimum atomic E-state index is 0.684. The molecule has 0 saturated carbocycles. The van der Waals surface area contributed by atoms with Gasteiger partial charge in [-0.3, -0.25) is 0 Å². The molecule has 73 valence electrons. The summed E-state index contributed by atoms with van der Waals surface area (Å²) in [6.07, 6.45) is 8.14. The van der Waals surface area contributed by atoms with E-state index in [9.17, 15) is 0 Å². The second-order valence-corrected chi connectivity index (χ2v) is 3.68. The van der Waals surface area contributed by atoms with E-state index in [2.05, 4.69) is 21.0 Å². The van der Waals surface area contributed by atoms with Crippen molar-refractivity contribution < 1.29 is 4.74 Å². The summed E-state index contributed by atoms with van der Waals surface area (Å²) in [5.74, 6) is 0.684. The van der Waals surface area contributed by atoms with Gasteiger partial charge in [-0.05, 0) is 12.3 Å². The van der Waals surface area contributed by atoms with Gasteiger partial charge < -0.3 is 4.74 Å². The monoisotopic (exact) mass is 171 g/mol. The molecule has 0 amide bonds. The molecule has 0 spiro atoms. The largest absolute Gasteiger partial charge is 0.379 e. The van der Waals surface area contributed by atoms with Crippen LogP contribution >= 0.6 is 0 Å². The van der Waals surface area contributed by atoms with Gasteiger partial charge in [0.05, 0.1) is 7.11 Å². The first-order valence-corrected chi connectivity index (χ1v) is 5.18. The van der Waals surface area contributed by atoms with E-state index in [0.29, 0.717) is 5.92 Å². The maximum absolute atomic E-state index is 4.83. The number of rotatable bonds is 8. The Bertz CT molecular complexity index is 81.1. The third-order valence-corrected chi connectivity index (χ3v) is 2.20. The molecule has 0 N–H and O–H groups in total. The highest BCUT2D eigenvalue weighted by molar-refractivity contribution is 4.52. The minimum absolute atomic E-state index is 0.684. The molecular formula is C11H23O.